The van der Waals surface area contributed by atoms with Gasteiger partial charge in [0.15, 0.2) is 0 Å². The van der Waals surface area contributed by atoms with Crippen LogP contribution in [0.2, 0.25) is 0 Å². The molecule has 25 heavy (non-hydrogen) atoms. The zero-order valence-electron chi connectivity index (χ0n) is 13.8. The van der Waals surface area contributed by atoms with Gasteiger partial charge in [-0.05, 0) is 18.2 Å². The minimum atomic E-state index is -4.45. The zero-order valence-corrected chi connectivity index (χ0v) is 13.8. The topological polar surface area (TPSA) is 50.2 Å². The summed E-state index contributed by atoms with van der Waals surface area (Å²) >= 11 is 0. The second-order valence-corrected chi connectivity index (χ2v) is 5.94. The molecule has 0 atom stereocenters. The van der Waals surface area contributed by atoms with E-state index in [-0.39, 0.29) is 17.8 Å². The first kappa shape index (κ1) is 17.5. The predicted molar refractivity (Wildman–Crippen MR) is 85.8 cm³/mol. The Hall–Kier alpha value is -2.35. The van der Waals surface area contributed by atoms with E-state index in [0.29, 0.717) is 6.54 Å². The highest BCUT2D eigenvalue weighted by atomic mass is 19.4. The maximum atomic E-state index is 13.0. The Morgan fingerprint density at radius 2 is 2.04 bits per heavy atom. The number of halogens is 3. The monoisotopic (exact) mass is 352 g/mol. The average molecular weight is 352 g/mol. The lowest BCUT2D eigenvalue weighted by atomic mass is 10.1. The number of alkyl halides is 3. The van der Waals surface area contributed by atoms with Crippen molar-refractivity contribution in [2.45, 2.75) is 32.7 Å². The highest BCUT2D eigenvalue weighted by Gasteiger charge is 2.33. The van der Waals surface area contributed by atoms with Gasteiger partial charge in [0.05, 0.1) is 12.1 Å². The molecule has 1 aromatic heterocycles. The molecular formula is C17H19F3N4O. The minimum Gasteiger partial charge on any atom is -0.347 e. The van der Waals surface area contributed by atoms with Gasteiger partial charge in [-0.3, -0.25) is 9.69 Å². The number of hydrogen-bond donors (Lipinski definition) is 1. The first-order chi connectivity index (χ1) is 11.9. The van der Waals surface area contributed by atoms with Crippen molar-refractivity contribution >= 4 is 5.91 Å². The molecule has 2 heterocycles. The first-order valence-electron chi connectivity index (χ1n) is 8.10. The lowest BCUT2D eigenvalue weighted by Gasteiger charge is -2.25. The Kier molecular flexibility index (Phi) is 4.80. The Bertz CT molecular complexity index is 769. The molecule has 0 saturated heterocycles. The van der Waals surface area contributed by atoms with Crippen molar-refractivity contribution < 1.29 is 18.0 Å². The molecule has 134 valence electrons. The number of imidazole rings is 1. The molecule has 3 rings (SSSR count). The third-order valence-electron chi connectivity index (χ3n) is 4.32. The molecule has 2 aromatic rings. The Morgan fingerprint density at radius 3 is 2.76 bits per heavy atom. The first-order valence-corrected chi connectivity index (χ1v) is 8.10. The maximum absolute atomic E-state index is 13.0. The molecule has 1 N–H and O–H groups in total. The summed E-state index contributed by atoms with van der Waals surface area (Å²) in [5.41, 5.74) is -0.472. The van der Waals surface area contributed by atoms with E-state index in [0.717, 1.165) is 31.5 Å². The second-order valence-electron chi connectivity index (χ2n) is 5.94. The number of benzene rings is 1. The van der Waals surface area contributed by atoms with E-state index in [9.17, 15) is 18.0 Å². The molecule has 0 saturated carbocycles. The third-order valence-corrected chi connectivity index (χ3v) is 4.32. The van der Waals surface area contributed by atoms with Crippen molar-refractivity contribution in [3.8, 4) is 0 Å². The predicted octanol–water partition coefficient (Wildman–Crippen LogP) is 2.67. The normalized spacial score (nSPS) is 15.0. The summed E-state index contributed by atoms with van der Waals surface area (Å²) in [4.78, 5) is 18.8. The number of likely N-dealkylation sites (N-methyl/N-ethyl adjacent to an activating group) is 1. The zero-order chi connectivity index (χ0) is 18.0. The van der Waals surface area contributed by atoms with E-state index in [2.05, 4.69) is 22.1 Å². The summed E-state index contributed by atoms with van der Waals surface area (Å²) in [5.74, 6) is 0.330. The van der Waals surface area contributed by atoms with Gasteiger partial charge in [0.25, 0.3) is 5.91 Å². The molecule has 0 unspecified atom stereocenters. The molecule has 0 aliphatic carbocycles. The molecule has 1 aliphatic rings. The fourth-order valence-corrected chi connectivity index (χ4v) is 2.90. The Balaban J connectivity index is 1.70. The highest BCUT2D eigenvalue weighted by molar-refractivity contribution is 5.92. The van der Waals surface area contributed by atoms with E-state index in [1.54, 1.807) is 6.20 Å². The van der Waals surface area contributed by atoms with Crippen LogP contribution in [0, 0.1) is 0 Å². The second kappa shape index (κ2) is 6.87. The molecule has 1 amide bonds. The number of nitrogens with zero attached hydrogens (tertiary/aromatic N) is 3. The van der Waals surface area contributed by atoms with E-state index in [1.165, 1.54) is 18.2 Å². The average Bonchev–Trinajstić information content (AvgIpc) is 3.02. The molecule has 0 spiro atoms. The van der Waals surface area contributed by atoms with Crippen molar-refractivity contribution in [3.05, 3.63) is 53.1 Å². The van der Waals surface area contributed by atoms with Crippen LogP contribution in [0.4, 0.5) is 13.2 Å². The van der Waals surface area contributed by atoms with Gasteiger partial charge in [-0.2, -0.15) is 13.2 Å². The number of rotatable bonds is 4. The van der Waals surface area contributed by atoms with Crippen LogP contribution in [0.1, 0.15) is 34.4 Å². The minimum absolute atomic E-state index is 0.0319. The molecule has 1 aromatic carbocycles. The molecular weight excluding hydrogens is 333 g/mol. The molecule has 1 aliphatic heterocycles. The summed E-state index contributed by atoms with van der Waals surface area (Å²) in [5, 5.41) is 2.53. The van der Waals surface area contributed by atoms with Crippen LogP contribution in [-0.4, -0.2) is 33.4 Å². The van der Waals surface area contributed by atoms with Crippen LogP contribution in [0.15, 0.2) is 30.5 Å². The molecule has 0 radical (unpaired) electrons. The Labute approximate surface area is 143 Å². The number of amides is 1. The summed E-state index contributed by atoms with van der Waals surface area (Å²) < 4.78 is 40.9. The van der Waals surface area contributed by atoms with Crippen LogP contribution < -0.4 is 5.32 Å². The number of carbonyl (C=O) groups is 1. The van der Waals surface area contributed by atoms with Gasteiger partial charge in [-0.15, -0.1) is 0 Å². The fourth-order valence-electron chi connectivity index (χ4n) is 2.90. The van der Waals surface area contributed by atoms with Crippen molar-refractivity contribution in [1.82, 2.24) is 19.8 Å². The van der Waals surface area contributed by atoms with E-state index >= 15 is 0 Å². The quantitative estimate of drug-likeness (QED) is 0.920. The van der Waals surface area contributed by atoms with Crippen molar-refractivity contribution in [3.63, 3.8) is 0 Å². The largest absolute Gasteiger partial charge is 0.416 e. The van der Waals surface area contributed by atoms with Gasteiger partial charge in [0, 0.05) is 25.8 Å². The van der Waals surface area contributed by atoms with Gasteiger partial charge < -0.3 is 9.88 Å². The molecule has 5 nitrogen and oxygen atoms in total. The van der Waals surface area contributed by atoms with E-state index < -0.39 is 17.6 Å². The maximum Gasteiger partial charge on any atom is 0.416 e. The summed E-state index contributed by atoms with van der Waals surface area (Å²) in [7, 11) is 0. The summed E-state index contributed by atoms with van der Waals surface area (Å²) in [6, 6.07) is 5.22. The molecule has 0 bridgehead atoms. The van der Waals surface area contributed by atoms with Gasteiger partial charge in [-0.1, -0.05) is 25.1 Å². The van der Waals surface area contributed by atoms with Gasteiger partial charge in [-0.25, -0.2) is 4.98 Å². The van der Waals surface area contributed by atoms with Crippen molar-refractivity contribution in [2.75, 3.05) is 13.1 Å². The number of carbonyl (C=O) groups excluding carboxylic acids is 1. The van der Waals surface area contributed by atoms with Crippen molar-refractivity contribution in [1.29, 1.82) is 0 Å². The smallest absolute Gasteiger partial charge is 0.347 e. The van der Waals surface area contributed by atoms with Crippen LogP contribution in [0.3, 0.4) is 0 Å². The van der Waals surface area contributed by atoms with Crippen LogP contribution in [-0.2, 0) is 25.8 Å². The Morgan fingerprint density at radius 1 is 1.28 bits per heavy atom. The molecule has 0 fully saturated rings. The standard InChI is InChI=1S/C17H19F3N4O/c1-2-23-7-8-24-10-14(22-15(24)11-23)16(25)21-9-12-5-3-4-6-13(12)17(18,19)20/h3-6,10H,2,7-9,11H2,1H3,(H,21,25). The van der Waals surface area contributed by atoms with Crippen LogP contribution in [0.5, 0.6) is 0 Å². The summed E-state index contributed by atoms with van der Waals surface area (Å²) in [6.45, 7) is 5.08. The number of nitrogens with one attached hydrogen (secondary N) is 1. The van der Waals surface area contributed by atoms with Gasteiger partial charge in [0.2, 0.25) is 0 Å². The van der Waals surface area contributed by atoms with Gasteiger partial charge >= 0.3 is 6.18 Å². The third kappa shape index (κ3) is 3.84. The number of fused-ring (bicyclic) bond motifs is 1. The van der Waals surface area contributed by atoms with Crippen LogP contribution in [0.25, 0.3) is 0 Å². The van der Waals surface area contributed by atoms with Crippen LogP contribution >= 0.6 is 0 Å². The number of hydrogen-bond acceptors (Lipinski definition) is 3. The van der Waals surface area contributed by atoms with Gasteiger partial charge in [0.1, 0.15) is 11.5 Å². The fraction of sp³-hybridized carbons (Fsp3) is 0.412. The van der Waals surface area contributed by atoms with Crippen molar-refractivity contribution in [2.24, 2.45) is 0 Å². The lowest BCUT2D eigenvalue weighted by Crippen LogP contribution is -2.33. The summed E-state index contributed by atoms with van der Waals surface area (Å²) in [6.07, 6.45) is -2.79. The lowest BCUT2D eigenvalue weighted by molar-refractivity contribution is -0.138. The molecule has 8 heteroatoms. The SMILES string of the molecule is CCN1CCn2cc(C(=O)NCc3ccccc3C(F)(F)F)nc2C1. The van der Waals surface area contributed by atoms with E-state index in [4.69, 9.17) is 0 Å². The van der Waals surface area contributed by atoms with E-state index in [1.807, 2.05) is 4.57 Å². The number of aromatic nitrogens is 2. The highest BCUT2D eigenvalue weighted by Crippen LogP contribution is 2.31.